The number of nitrogens with one attached hydrogen (secondary N) is 2. The van der Waals surface area contributed by atoms with Crippen molar-refractivity contribution in [2.45, 2.75) is 32.3 Å². The average molecular weight is 274 g/mol. The molecular weight excluding hydrogens is 256 g/mol. The van der Waals surface area contributed by atoms with Crippen molar-refractivity contribution >= 4 is 17.5 Å². The molecule has 0 spiro atoms. The summed E-state index contributed by atoms with van der Waals surface area (Å²) in [5.74, 6) is 0.278. The standard InChI is InChI=1S/C15H18N2O3/c1-9-3-6-12-11(7-9)17-14(19)15(2,20-12)13(18)16-8-10-4-5-10/h3,6-7,10H,4-5,8H2,1-2H3,(H,16,18)(H,17,19)/t15-/m0/s1. The van der Waals surface area contributed by atoms with Crippen LogP contribution in [0, 0.1) is 12.8 Å². The molecule has 3 rings (SSSR count). The minimum Gasteiger partial charge on any atom is -0.466 e. The highest BCUT2D eigenvalue weighted by molar-refractivity contribution is 6.15. The molecule has 20 heavy (non-hydrogen) atoms. The van der Waals surface area contributed by atoms with Crippen molar-refractivity contribution in [3.63, 3.8) is 0 Å². The number of hydrogen-bond acceptors (Lipinski definition) is 3. The second-order valence-corrected chi connectivity index (χ2v) is 5.74. The normalized spacial score (nSPS) is 24.4. The van der Waals surface area contributed by atoms with Gasteiger partial charge in [0.1, 0.15) is 5.75 Å². The fourth-order valence-corrected chi connectivity index (χ4v) is 2.22. The Morgan fingerprint density at radius 1 is 1.50 bits per heavy atom. The minimum atomic E-state index is -1.50. The summed E-state index contributed by atoms with van der Waals surface area (Å²) in [7, 11) is 0. The molecule has 1 aliphatic heterocycles. The van der Waals surface area contributed by atoms with Crippen LogP contribution in [0.5, 0.6) is 5.75 Å². The first-order valence-corrected chi connectivity index (χ1v) is 6.88. The molecule has 1 aliphatic carbocycles. The van der Waals surface area contributed by atoms with Crippen LogP contribution in [-0.2, 0) is 9.59 Å². The van der Waals surface area contributed by atoms with Crippen LogP contribution >= 0.6 is 0 Å². The van der Waals surface area contributed by atoms with Gasteiger partial charge in [-0.15, -0.1) is 0 Å². The molecule has 1 aromatic carbocycles. The van der Waals surface area contributed by atoms with E-state index < -0.39 is 11.5 Å². The fourth-order valence-electron chi connectivity index (χ4n) is 2.22. The first kappa shape index (κ1) is 13.0. The molecule has 0 saturated heterocycles. The monoisotopic (exact) mass is 274 g/mol. The van der Waals surface area contributed by atoms with Crippen molar-refractivity contribution in [1.29, 1.82) is 0 Å². The van der Waals surface area contributed by atoms with Crippen LogP contribution in [-0.4, -0.2) is 24.0 Å². The SMILES string of the molecule is Cc1ccc2c(c1)NC(=O)[C@](C)(C(=O)NCC1CC1)O2. The lowest BCUT2D eigenvalue weighted by molar-refractivity contribution is -0.146. The number of amides is 2. The number of anilines is 1. The van der Waals surface area contributed by atoms with Gasteiger partial charge in [-0.1, -0.05) is 6.07 Å². The second kappa shape index (κ2) is 4.51. The van der Waals surface area contributed by atoms with Crippen LogP contribution in [0.15, 0.2) is 18.2 Å². The van der Waals surface area contributed by atoms with Crippen LogP contribution in [0.2, 0.25) is 0 Å². The topological polar surface area (TPSA) is 67.4 Å². The Hall–Kier alpha value is -2.04. The predicted molar refractivity (Wildman–Crippen MR) is 74.6 cm³/mol. The maximum Gasteiger partial charge on any atom is 0.278 e. The number of hydrogen-bond donors (Lipinski definition) is 2. The largest absolute Gasteiger partial charge is 0.466 e. The zero-order valence-corrected chi connectivity index (χ0v) is 11.7. The van der Waals surface area contributed by atoms with Gasteiger partial charge in [0.2, 0.25) is 0 Å². The van der Waals surface area contributed by atoms with E-state index in [9.17, 15) is 9.59 Å². The summed E-state index contributed by atoms with van der Waals surface area (Å²) in [6.07, 6.45) is 2.29. The van der Waals surface area contributed by atoms with E-state index in [-0.39, 0.29) is 5.91 Å². The lowest BCUT2D eigenvalue weighted by Gasteiger charge is -2.33. The van der Waals surface area contributed by atoms with E-state index in [1.54, 1.807) is 6.07 Å². The van der Waals surface area contributed by atoms with E-state index in [0.717, 1.165) is 18.4 Å². The number of ether oxygens (including phenoxy) is 1. The molecule has 2 amide bonds. The van der Waals surface area contributed by atoms with Gasteiger partial charge < -0.3 is 15.4 Å². The molecule has 2 aliphatic rings. The van der Waals surface area contributed by atoms with E-state index in [2.05, 4.69) is 10.6 Å². The van der Waals surface area contributed by atoms with Gasteiger partial charge >= 0.3 is 0 Å². The molecule has 106 valence electrons. The second-order valence-electron chi connectivity index (χ2n) is 5.74. The molecule has 0 aromatic heterocycles. The lowest BCUT2D eigenvalue weighted by atomic mass is 10.0. The Morgan fingerprint density at radius 3 is 2.95 bits per heavy atom. The third-order valence-electron chi connectivity index (χ3n) is 3.81. The summed E-state index contributed by atoms with van der Waals surface area (Å²) in [4.78, 5) is 24.4. The quantitative estimate of drug-likeness (QED) is 0.823. The molecular formula is C15H18N2O3. The lowest BCUT2D eigenvalue weighted by Crippen LogP contribution is -2.59. The number of benzene rings is 1. The number of rotatable bonds is 3. The van der Waals surface area contributed by atoms with E-state index in [1.807, 2.05) is 19.1 Å². The molecule has 5 heteroatoms. The number of aryl methyl sites for hydroxylation is 1. The van der Waals surface area contributed by atoms with E-state index in [0.29, 0.717) is 23.9 Å². The maximum atomic E-state index is 12.2. The Balaban J connectivity index is 1.80. The van der Waals surface area contributed by atoms with Crippen LogP contribution < -0.4 is 15.4 Å². The third-order valence-corrected chi connectivity index (χ3v) is 3.81. The average Bonchev–Trinajstić information content (AvgIpc) is 3.22. The number of carbonyl (C=O) groups is 2. The van der Waals surface area contributed by atoms with Gasteiger partial charge in [-0.3, -0.25) is 9.59 Å². The van der Waals surface area contributed by atoms with Gasteiger partial charge in [0.15, 0.2) is 0 Å². The Labute approximate surface area is 117 Å². The highest BCUT2D eigenvalue weighted by Gasteiger charge is 2.47. The summed E-state index contributed by atoms with van der Waals surface area (Å²) in [5, 5.41) is 5.55. The Kier molecular flexibility index (Phi) is 2.92. The molecule has 0 bridgehead atoms. The smallest absolute Gasteiger partial charge is 0.278 e. The first-order valence-electron chi connectivity index (χ1n) is 6.88. The van der Waals surface area contributed by atoms with E-state index >= 15 is 0 Å². The van der Waals surface area contributed by atoms with Crippen LogP contribution in [0.3, 0.4) is 0 Å². The van der Waals surface area contributed by atoms with Gasteiger partial charge in [0, 0.05) is 6.54 Å². The zero-order chi connectivity index (χ0) is 14.3. The zero-order valence-electron chi connectivity index (χ0n) is 11.7. The third kappa shape index (κ3) is 2.24. The molecule has 1 atom stereocenters. The summed E-state index contributed by atoms with van der Waals surface area (Å²) in [6.45, 7) is 4.06. The van der Waals surface area contributed by atoms with Gasteiger partial charge in [0.05, 0.1) is 5.69 Å². The highest BCUT2D eigenvalue weighted by atomic mass is 16.5. The summed E-state index contributed by atoms with van der Waals surface area (Å²) < 4.78 is 5.68. The van der Waals surface area contributed by atoms with Crippen LogP contribution in [0.1, 0.15) is 25.3 Å². The molecule has 5 nitrogen and oxygen atoms in total. The van der Waals surface area contributed by atoms with Crippen molar-refractivity contribution in [1.82, 2.24) is 5.32 Å². The summed E-state index contributed by atoms with van der Waals surface area (Å²) in [5.41, 5.74) is 0.133. The maximum absolute atomic E-state index is 12.2. The van der Waals surface area contributed by atoms with Crippen LogP contribution in [0.25, 0.3) is 0 Å². The Morgan fingerprint density at radius 2 is 2.25 bits per heavy atom. The van der Waals surface area contributed by atoms with Crippen molar-refractivity contribution in [3.8, 4) is 5.75 Å². The molecule has 0 unspecified atom stereocenters. The molecule has 1 aromatic rings. The Bertz CT molecular complexity index is 580. The predicted octanol–water partition coefficient (Wildman–Crippen LogP) is 1.61. The number of fused-ring (bicyclic) bond motifs is 1. The molecule has 1 heterocycles. The van der Waals surface area contributed by atoms with Gasteiger partial charge in [-0.05, 0) is 50.3 Å². The van der Waals surface area contributed by atoms with Crippen molar-refractivity contribution < 1.29 is 14.3 Å². The van der Waals surface area contributed by atoms with E-state index in [1.165, 1.54) is 6.92 Å². The molecule has 1 saturated carbocycles. The molecule has 1 fully saturated rings. The van der Waals surface area contributed by atoms with Gasteiger partial charge in [0.25, 0.3) is 17.4 Å². The molecule has 0 radical (unpaired) electrons. The van der Waals surface area contributed by atoms with Gasteiger partial charge in [-0.2, -0.15) is 0 Å². The van der Waals surface area contributed by atoms with Gasteiger partial charge in [-0.25, -0.2) is 0 Å². The van der Waals surface area contributed by atoms with Crippen molar-refractivity contribution in [2.24, 2.45) is 5.92 Å². The number of carbonyl (C=O) groups excluding carboxylic acids is 2. The van der Waals surface area contributed by atoms with Crippen molar-refractivity contribution in [3.05, 3.63) is 23.8 Å². The first-order chi connectivity index (χ1) is 9.49. The minimum absolute atomic E-state index is 0.381. The van der Waals surface area contributed by atoms with E-state index in [4.69, 9.17) is 4.74 Å². The molecule has 2 N–H and O–H groups in total. The fraction of sp³-hybridized carbons (Fsp3) is 0.467. The highest BCUT2D eigenvalue weighted by Crippen LogP contribution is 2.34. The summed E-state index contributed by atoms with van der Waals surface area (Å²) in [6, 6.07) is 5.49. The summed E-state index contributed by atoms with van der Waals surface area (Å²) >= 11 is 0. The van der Waals surface area contributed by atoms with Crippen LogP contribution in [0.4, 0.5) is 5.69 Å². The van der Waals surface area contributed by atoms with Crippen molar-refractivity contribution in [2.75, 3.05) is 11.9 Å².